The number of nitrogens with zero attached hydrogens (tertiary/aromatic N) is 2. The molecule has 24 heavy (non-hydrogen) atoms. The van der Waals surface area contributed by atoms with Crippen LogP contribution in [0.4, 0.5) is 5.82 Å². The number of nitrogens with one attached hydrogen (secondary N) is 1. The van der Waals surface area contributed by atoms with Gasteiger partial charge in [-0.15, -0.1) is 0 Å². The molecule has 0 saturated heterocycles. The summed E-state index contributed by atoms with van der Waals surface area (Å²) in [6, 6.07) is 12.3. The Morgan fingerprint density at radius 1 is 1.12 bits per heavy atom. The molecule has 1 atom stereocenters. The molecule has 0 aliphatic carbocycles. The van der Waals surface area contributed by atoms with E-state index in [1.807, 2.05) is 31.2 Å². The molecule has 1 N–H and O–H groups in total. The lowest BCUT2D eigenvalue weighted by molar-refractivity contribution is 0.602. The summed E-state index contributed by atoms with van der Waals surface area (Å²) in [5.74, 6) is 0.581. The Hall–Kier alpha value is -2.18. The van der Waals surface area contributed by atoms with Gasteiger partial charge in [-0.2, -0.15) is 0 Å². The molecule has 0 fully saturated rings. The Morgan fingerprint density at radius 2 is 1.92 bits per heavy atom. The SMILES string of the molecule is C[C@@H](Nc1ncnc2ccc(S(C)(=O)=O)cc12)c1cccc(Cl)c1. The summed E-state index contributed by atoms with van der Waals surface area (Å²) in [5, 5.41) is 4.62. The fraction of sp³-hybridized carbons (Fsp3) is 0.176. The number of benzene rings is 2. The molecule has 5 nitrogen and oxygen atoms in total. The van der Waals surface area contributed by atoms with Gasteiger partial charge in [0.25, 0.3) is 0 Å². The molecule has 0 radical (unpaired) electrons. The monoisotopic (exact) mass is 361 g/mol. The second-order valence-electron chi connectivity index (χ2n) is 5.59. The molecule has 0 unspecified atom stereocenters. The Labute approximate surface area is 145 Å². The van der Waals surface area contributed by atoms with E-state index in [9.17, 15) is 8.42 Å². The molecule has 124 valence electrons. The van der Waals surface area contributed by atoms with Crippen molar-refractivity contribution in [2.45, 2.75) is 17.9 Å². The summed E-state index contributed by atoms with van der Waals surface area (Å²) in [5.41, 5.74) is 1.69. The lowest BCUT2D eigenvalue weighted by Crippen LogP contribution is -2.09. The molecule has 1 heterocycles. The number of hydrogen-bond donors (Lipinski definition) is 1. The third-order valence-corrected chi connectivity index (χ3v) is 5.08. The van der Waals surface area contributed by atoms with Crippen LogP contribution < -0.4 is 5.32 Å². The van der Waals surface area contributed by atoms with Gasteiger partial charge in [0.2, 0.25) is 0 Å². The quantitative estimate of drug-likeness (QED) is 0.763. The maximum atomic E-state index is 11.8. The molecule has 0 aliphatic heterocycles. The Bertz CT molecular complexity index is 1010. The third-order valence-electron chi connectivity index (χ3n) is 3.74. The standard InChI is InChI=1S/C17H16ClN3O2S/c1-11(12-4-3-5-13(18)8-12)21-17-15-9-14(24(2,22)23)6-7-16(15)19-10-20-17/h3-11H,1-2H3,(H,19,20,21)/t11-/m1/s1. The predicted octanol–water partition coefficient (Wildman–Crippen LogP) is 3.86. The Morgan fingerprint density at radius 3 is 2.62 bits per heavy atom. The van der Waals surface area contributed by atoms with E-state index in [4.69, 9.17) is 11.6 Å². The molecule has 0 amide bonds. The first-order chi connectivity index (χ1) is 11.3. The zero-order chi connectivity index (χ0) is 17.3. The van der Waals surface area contributed by atoms with Gasteiger partial charge < -0.3 is 5.32 Å². The van der Waals surface area contributed by atoms with Crippen LogP contribution in [0.2, 0.25) is 5.02 Å². The van der Waals surface area contributed by atoms with Crippen LogP contribution in [0.1, 0.15) is 18.5 Å². The van der Waals surface area contributed by atoms with Crippen LogP contribution in [0.5, 0.6) is 0 Å². The van der Waals surface area contributed by atoms with Gasteiger partial charge in [-0.25, -0.2) is 18.4 Å². The molecule has 3 aromatic rings. The molecule has 1 aromatic heterocycles. The van der Waals surface area contributed by atoms with Gasteiger partial charge in [0.05, 0.1) is 16.5 Å². The Balaban J connectivity index is 2.02. The van der Waals surface area contributed by atoms with E-state index in [-0.39, 0.29) is 10.9 Å². The fourth-order valence-electron chi connectivity index (χ4n) is 2.45. The van der Waals surface area contributed by atoms with Gasteiger partial charge >= 0.3 is 0 Å². The maximum absolute atomic E-state index is 11.8. The van der Waals surface area contributed by atoms with E-state index in [2.05, 4.69) is 15.3 Å². The molecule has 0 saturated carbocycles. The minimum Gasteiger partial charge on any atom is -0.363 e. The van der Waals surface area contributed by atoms with Crippen LogP contribution in [-0.4, -0.2) is 24.6 Å². The zero-order valence-electron chi connectivity index (χ0n) is 13.2. The van der Waals surface area contributed by atoms with Crippen molar-refractivity contribution in [3.63, 3.8) is 0 Å². The van der Waals surface area contributed by atoms with Gasteiger partial charge in [0, 0.05) is 16.7 Å². The summed E-state index contributed by atoms with van der Waals surface area (Å²) < 4.78 is 23.6. The highest BCUT2D eigenvalue weighted by atomic mass is 35.5. The molecule has 0 bridgehead atoms. The summed E-state index contributed by atoms with van der Waals surface area (Å²) >= 11 is 6.04. The molecule has 2 aromatic carbocycles. The largest absolute Gasteiger partial charge is 0.363 e. The van der Waals surface area contributed by atoms with Crippen molar-refractivity contribution in [2.24, 2.45) is 0 Å². The fourth-order valence-corrected chi connectivity index (χ4v) is 3.29. The number of hydrogen-bond acceptors (Lipinski definition) is 5. The average Bonchev–Trinajstić information content (AvgIpc) is 2.54. The molecular weight excluding hydrogens is 346 g/mol. The number of anilines is 1. The van der Waals surface area contributed by atoms with Crippen molar-refractivity contribution in [1.29, 1.82) is 0 Å². The Kier molecular flexibility index (Phi) is 4.43. The van der Waals surface area contributed by atoms with Crippen molar-refractivity contribution in [1.82, 2.24) is 9.97 Å². The maximum Gasteiger partial charge on any atom is 0.175 e. The molecule has 7 heteroatoms. The van der Waals surface area contributed by atoms with Crippen molar-refractivity contribution in [3.8, 4) is 0 Å². The minimum absolute atomic E-state index is 0.0521. The average molecular weight is 362 g/mol. The summed E-state index contributed by atoms with van der Waals surface area (Å²) in [6.45, 7) is 1.99. The van der Waals surface area contributed by atoms with Crippen LogP contribution in [0.25, 0.3) is 10.9 Å². The number of aromatic nitrogens is 2. The predicted molar refractivity (Wildman–Crippen MR) is 96.1 cm³/mol. The van der Waals surface area contributed by atoms with Gasteiger partial charge in [-0.05, 0) is 42.8 Å². The third kappa shape index (κ3) is 3.49. The highest BCUT2D eigenvalue weighted by molar-refractivity contribution is 7.90. The van der Waals surface area contributed by atoms with Crippen LogP contribution in [0.3, 0.4) is 0 Å². The summed E-state index contributed by atoms with van der Waals surface area (Å²) in [4.78, 5) is 8.70. The van der Waals surface area contributed by atoms with Crippen LogP contribution in [0, 0.1) is 0 Å². The first kappa shape index (κ1) is 16.7. The highest BCUT2D eigenvalue weighted by Crippen LogP contribution is 2.27. The van der Waals surface area contributed by atoms with E-state index in [1.165, 1.54) is 12.6 Å². The number of fused-ring (bicyclic) bond motifs is 1. The van der Waals surface area contributed by atoms with Crippen LogP contribution in [0.15, 0.2) is 53.7 Å². The number of rotatable bonds is 4. The van der Waals surface area contributed by atoms with E-state index in [0.717, 1.165) is 5.56 Å². The van der Waals surface area contributed by atoms with E-state index >= 15 is 0 Å². The van der Waals surface area contributed by atoms with Crippen molar-refractivity contribution < 1.29 is 8.42 Å². The van der Waals surface area contributed by atoms with E-state index in [0.29, 0.717) is 21.7 Å². The minimum atomic E-state index is -3.30. The van der Waals surface area contributed by atoms with Gasteiger partial charge in [-0.1, -0.05) is 23.7 Å². The van der Waals surface area contributed by atoms with Crippen molar-refractivity contribution in [2.75, 3.05) is 11.6 Å². The molecule has 0 aliphatic rings. The highest BCUT2D eigenvalue weighted by Gasteiger charge is 2.13. The number of sulfone groups is 1. The van der Waals surface area contributed by atoms with E-state index < -0.39 is 9.84 Å². The van der Waals surface area contributed by atoms with Crippen LogP contribution >= 0.6 is 11.6 Å². The first-order valence-corrected chi connectivity index (χ1v) is 9.58. The van der Waals surface area contributed by atoms with Crippen LogP contribution in [-0.2, 0) is 9.84 Å². The molecule has 0 spiro atoms. The smallest absolute Gasteiger partial charge is 0.175 e. The second kappa shape index (κ2) is 6.37. The topological polar surface area (TPSA) is 72.0 Å². The van der Waals surface area contributed by atoms with Gasteiger partial charge in [0.15, 0.2) is 9.84 Å². The second-order valence-corrected chi connectivity index (χ2v) is 8.05. The van der Waals surface area contributed by atoms with Gasteiger partial charge in [-0.3, -0.25) is 0 Å². The molecule has 3 rings (SSSR count). The van der Waals surface area contributed by atoms with Crippen molar-refractivity contribution in [3.05, 3.63) is 59.4 Å². The lowest BCUT2D eigenvalue weighted by Gasteiger charge is -2.16. The zero-order valence-corrected chi connectivity index (χ0v) is 14.8. The normalized spacial score (nSPS) is 13.0. The van der Waals surface area contributed by atoms with Crippen molar-refractivity contribution >= 4 is 38.2 Å². The lowest BCUT2D eigenvalue weighted by atomic mass is 10.1. The first-order valence-electron chi connectivity index (χ1n) is 7.31. The summed E-state index contributed by atoms with van der Waals surface area (Å²) in [7, 11) is -3.30. The number of halogens is 1. The van der Waals surface area contributed by atoms with E-state index in [1.54, 1.807) is 18.2 Å². The van der Waals surface area contributed by atoms with Gasteiger partial charge in [0.1, 0.15) is 12.1 Å². The molecular formula is C17H16ClN3O2S. The summed E-state index contributed by atoms with van der Waals surface area (Å²) in [6.07, 6.45) is 2.63.